The maximum Gasteiger partial charge on any atom is 0.226 e. The van der Waals surface area contributed by atoms with Gasteiger partial charge in [-0.25, -0.2) is 4.98 Å². The number of carbonyl (C=O) groups excluding carboxylic acids is 1. The van der Waals surface area contributed by atoms with Gasteiger partial charge in [-0.05, 0) is 64.5 Å². The van der Waals surface area contributed by atoms with Crippen LogP contribution in [0.25, 0.3) is 11.3 Å². The van der Waals surface area contributed by atoms with Gasteiger partial charge in [-0.15, -0.1) is 11.3 Å². The Labute approximate surface area is 202 Å². The van der Waals surface area contributed by atoms with Crippen molar-refractivity contribution in [2.45, 2.75) is 46.0 Å². The van der Waals surface area contributed by atoms with E-state index in [9.17, 15) is 4.79 Å². The standard InChI is InChI=1S/C25H29BrN2O3S/c1-5-30-21-10-7-6-9-18(21)20-16-32-24(27-20)28-23(29)11-8-14-31-22-13-12-17(15-19(22)26)25(2,3)4/h6-7,9-10,12-13,15-16H,5,8,11,14H2,1-4H3,(H,27,28,29). The zero-order valence-corrected chi connectivity index (χ0v) is 21.3. The summed E-state index contributed by atoms with van der Waals surface area (Å²) in [5.74, 6) is 1.50. The summed E-state index contributed by atoms with van der Waals surface area (Å²) in [4.78, 5) is 16.9. The van der Waals surface area contributed by atoms with E-state index in [-0.39, 0.29) is 11.3 Å². The molecule has 1 aromatic heterocycles. The minimum absolute atomic E-state index is 0.0743. The van der Waals surface area contributed by atoms with Gasteiger partial charge < -0.3 is 14.8 Å². The molecule has 0 aliphatic rings. The minimum Gasteiger partial charge on any atom is -0.493 e. The first-order valence-electron chi connectivity index (χ1n) is 10.7. The van der Waals surface area contributed by atoms with Crippen molar-refractivity contribution in [3.05, 3.63) is 57.9 Å². The maximum atomic E-state index is 12.3. The largest absolute Gasteiger partial charge is 0.493 e. The molecule has 0 spiro atoms. The highest BCUT2D eigenvalue weighted by Gasteiger charge is 2.15. The average Bonchev–Trinajstić information content (AvgIpc) is 3.20. The summed E-state index contributed by atoms with van der Waals surface area (Å²) in [5.41, 5.74) is 3.03. The Bertz CT molecular complexity index is 1060. The smallest absolute Gasteiger partial charge is 0.226 e. The third-order valence-electron chi connectivity index (χ3n) is 4.82. The summed E-state index contributed by atoms with van der Waals surface area (Å²) in [6.45, 7) is 9.54. The van der Waals surface area contributed by atoms with Crippen LogP contribution in [0.1, 0.15) is 46.1 Å². The summed E-state index contributed by atoms with van der Waals surface area (Å²) < 4.78 is 12.5. The molecule has 0 aliphatic carbocycles. The molecule has 5 nitrogen and oxygen atoms in total. The van der Waals surface area contributed by atoms with E-state index in [1.165, 1.54) is 16.9 Å². The van der Waals surface area contributed by atoms with Gasteiger partial charge in [0.1, 0.15) is 11.5 Å². The summed E-state index contributed by atoms with van der Waals surface area (Å²) >= 11 is 4.99. The lowest BCUT2D eigenvalue weighted by molar-refractivity contribution is -0.116. The Morgan fingerprint density at radius 3 is 2.62 bits per heavy atom. The number of aromatic nitrogens is 1. The topological polar surface area (TPSA) is 60.5 Å². The number of hydrogen-bond acceptors (Lipinski definition) is 5. The minimum atomic E-state index is -0.0743. The van der Waals surface area contributed by atoms with Gasteiger partial charge in [-0.1, -0.05) is 39.0 Å². The van der Waals surface area contributed by atoms with Crippen LogP contribution in [-0.2, 0) is 10.2 Å². The number of nitrogens with zero attached hydrogens (tertiary/aromatic N) is 1. The second-order valence-electron chi connectivity index (χ2n) is 8.36. The second kappa shape index (κ2) is 11.0. The van der Waals surface area contributed by atoms with E-state index in [1.807, 2.05) is 42.6 Å². The molecule has 0 saturated heterocycles. The van der Waals surface area contributed by atoms with Crippen LogP contribution in [0.5, 0.6) is 11.5 Å². The number of benzene rings is 2. The SMILES string of the molecule is CCOc1ccccc1-c1csc(NC(=O)CCCOc2ccc(C(C)(C)C)cc2Br)n1. The lowest BCUT2D eigenvalue weighted by Crippen LogP contribution is -2.13. The molecule has 0 radical (unpaired) electrons. The zero-order valence-electron chi connectivity index (χ0n) is 18.9. The molecule has 0 saturated carbocycles. The molecule has 0 aliphatic heterocycles. The predicted octanol–water partition coefficient (Wildman–Crippen LogP) is 7.07. The highest BCUT2D eigenvalue weighted by Crippen LogP contribution is 2.33. The molecule has 7 heteroatoms. The Hall–Kier alpha value is -2.38. The molecule has 3 rings (SSSR count). The number of rotatable bonds is 9. The van der Waals surface area contributed by atoms with Crippen LogP contribution in [0.3, 0.4) is 0 Å². The van der Waals surface area contributed by atoms with Gasteiger partial charge in [0.2, 0.25) is 5.91 Å². The van der Waals surface area contributed by atoms with Crippen LogP contribution in [0, 0.1) is 0 Å². The summed E-state index contributed by atoms with van der Waals surface area (Å²) in [6, 6.07) is 13.9. The van der Waals surface area contributed by atoms with Gasteiger partial charge in [-0.3, -0.25) is 4.79 Å². The molecule has 2 aromatic carbocycles. The first kappa shape index (κ1) is 24.3. The van der Waals surface area contributed by atoms with E-state index in [0.29, 0.717) is 31.2 Å². The van der Waals surface area contributed by atoms with Crippen molar-refractivity contribution in [3.8, 4) is 22.8 Å². The number of carbonyl (C=O) groups is 1. The van der Waals surface area contributed by atoms with Crippen LogP contribution >= 0.6 is 27.3 Å². The molecule has 170 valence electrons. The van der Waals surface area contributed by atoms with Gasteiger partial charge >= 0.3 is 0 Å². The molecular formula is C25H29BrN2O3S. The first-order valence-corrected chi connectivity index (χ1v) is 12.4. The van der Waals surface area contributed by atoms with Gasteiger partial charge in [0.15, 0.2) is 5.13 Å². The third kappa shape index (κ3) is 6.56. The van der Waals surface area contributed by atoms with Gasteiger partial charge in [0.05, 0.1) is 23.4 Å². The molecule has 1 N–H and O–H groups in total. The Kier molecular flexibility index (Phi) is 8.32. The number of thiazole rings is 1. The number of hydrogen-bond donors (Lipinski definition) is 1. The number of anilines is 1. The van der Waals surface area contributed by atoms with Crippen LogP contribution in [0.4, 0.5) is 5.13 Å². The number of amides is 1. The molecule has 1 heterocycles. The fourth-order valence-electron chi connectivity index (χ4n) is 3.10. The fourth-order valence-corrected chi connectivity index (χ4v) is 4.32. The van der Waals surface area contributed by atoms with E-state index in [4.69, 9.17) is 9.47 Å². The molecule has 0 bridgehead atoms. The number of halogens is 1. The molecule has 1 amide bonds. The fraction of sp³-hybridized carbons (Fsp3) is 0.360. The lowest BCUT2D eigenvalue weighted by atomic mass is 9.87. The van der Waals surface area contributed by atoms with Crippen molar-refractivity contribution in [1.82, 2.24) is 4.98 Å². The monoisotopic (exact) mass is 516 g/mol. The van der Waals surface area contributed by atoms with Gasteiger partial charge in [0.25, 0.3) is 0 Å². The maximum absolute atomic E-state index is 12.3. The Morgan fingerprint density at radius 2 is 1.91 bits per heavy atom. The van der Waals surface area contributed by atoms with E-state index in [1.54, 1.807) is 0 Å². The van der Waals surface area contributed by atoms with Crippen LogP contribution < -0.4 is 14.8 Å². The highest BCUT2D eigenvalue weighted by atomic mass is 79.9. The zero-order chi connectivity index (χ0) is 23.1. The molecule has 32 heavy (non-hydrogen) atoms. The summed E-state index contributed by atoms with van der Waals surface area (Å²) in [7, 11) is 0. The lowest BCUT2D eigenvalue weighted by Gasteiger charge is -2.20. The first-order chi connectivity index (χ1) is 15.3. The van der Waals surface area contributed by atoms with Crippen LogP contribution in [-0.4, -0.2) is 24.1 Å². The van der Waals surface area contributed by atoms with Crippen molar-refractivity contribution in [1.29, 1.82) is 0 Å². The number of nitrogens with one attached hydrogen (secondary N) is 1. The Morgan fingerprint density at radius 1 is 1.12 bits per heavy atom. The predicted molar refractivity (Wildman–Crippen MR) is 135 cm³/mol. The van der Waals surface area contributed by atoms with Crippen molar-refractivity contribution >= 4 is 38.3 Å². The van der Waals surface area contributed by atoms with Crippen LogP contribution in [0.2, 0.25) is 0 Å². The number of para-hydroxylation sites is 1. The molecule has 3 aromatic rings. The quantitative estimate of drug-likeness (QED) is 0.309. The van der Waals surface area contributed by atoms with Gasteiger partial charge in [0, 0.05) is 17.4 Å². The normalized spacial score (nSPS) is 11.3. The summed E-state index contributed by atoms with van der Waals surface area (Å²) in [6.07, 6.45) is 0.979. The van der Waals surface area contributed by atoms with Crippen molar-refractivity contribution in [3.63, 3.8) is 0 Å². The van der Waals surface area contributed by atoms with Crippen molar-refractivity contribution in [2.24, 2.45) is 0 Å². The molecular weight excluding hydrogens is 488 g/mol. The van der Waals surface area contributed by atoms with E-state index in [0.717, 1.165) is 27.2 Å². The van der Waals surface area contributed by atoms with E-state index < -0.39 is 0 Å². The second-order valence-corrected chi connectivity index (χ2v) is 10.1. The third-order valence-corrected chi connectivity index (χ3v) is 6.19. The molecule has 0 unspecified atom stereocenters. The van der Waals surface area contributed by atoms with Crippen molar-refractivity contribution < 1.29 is 14.3 Å². The van der Waals surface area contributed by atoms with Gasteiger partial charge in [-0.2, -0.15) is 0 Å². The summed E-state index contributed by atoms with van der Waals surface area (Å²) in [5, 5.41) is 5.39. The molecule has 0 fully saturated rings. The van der Waals surface area contributed by atoms with E-state index in [2.05, 4.69) is 59.1 Å². The Balaban J connectivity index is 1.48. The highest BCUT2D eigenvalue weighted by molar-refractivity contribution is 9.10. The molecule has 0 atom stereocenters. The van der Waals surface area contributed by atoms with Crippen LogP contribution in [0.15, 0.2) is 52.3 Å². The van der Waals surface area contributed by atoms with Crippen molar-refractivity contribution in [2.75, 3.05) is 18.5 Å². The van der Waals surface area contributed by atoms with E-state index >= 15 is 0 Å². The average molecular weight is 517 g/mol. The number of ether oxygens (including phenoxy) is 2.